The van der Waals surface area contributed by atoms with E-state index in [1.807, 2.05) is 47.4 Å². The van der Waals surface area contributed by atoms with Crippen molar-refractivity contribution in [3.63, 3.8) is 0 Å². The molecule has 0 saturated carbocycles. The van der Waals surface area contributed by atoms with Gasteiger partial charge in [-0.05, 0) is 66.1 Å². The minimum Gasteiger partial charge on any atom is -0.497 e. The van der Waals surface area contributed by atoms with E-state index in [2.05, 4.69) is 23.2 Å². The molecule has 5 rings (SSSR count). The third-order valence-electron chi connectivity index (χ3n) is 7.03. The van der Waals surface area contributed by atoms with Crippen LogP contribution in [0.4, 0.5) is 15.8 Å². The summed E-state index contributed by atoms with van der Waals surface area (Å²) in [6, 6.07) is 20.5. The van der Waals surface area contributed by atoms with Gasteiger partial charge in [-0.15, -0.1) is 0 Å². The molecular formula is C28H30FN3O2. The van der Waals surface area contributed by atoms with Crippen LogP contribution in [0.5, 0.6) is 5.75 Å². The van der Waals surface area contributed by atoms with E-state index < -0.39 is 5.66 Å². The lowest BCUT2D eigenvalue weighted by Gasteiger charge is -2.52. The summed E-state index contributed by atoms with van der Waals surface area (Å²) in [4.78, 5) is 18.1. The molecule has 1 amide bonds. The van der Waals surface area contributed by atoms with Gasteiger partial charge < -0.3 is 10.1 Å². The van der Waals surface area contributed by atoms with E-state index in [1.165, 1.54) is 11.6 Å². The molecule has 176 valence electrons. The molecule has 0 radical (unpaired) electrons. The average Bonchev–Trinajstić information content (AvgIpc) is 2.85. The Bertz CT molecular complexity index is 1190. The monoisotopic (exact) mass is 459 g/mol. The Hall–Kier alpha value is -3.38. The number of halogens is 1. The molecule has 2 aliphatic rings. The summed E-state index contributed by atoms with van der Waals surface area (Å²) in [5, 5.41) is 3.78. The maximum atomic E-state index is 13.9. The highest BCUT2D eigenvalue weighted by Gasteiger charge is 2.47. The van der Waals surface area contributed by atoms with Crippen molar-refractivity contribution in [2.24, 2.45) is 0 Å². The summed E-state index contributed by atoms with van der Waals surface area (Å²) in [7, 11) is 1.64. The van der Waals surface area contributed by atoms with Gasteiger partial charge >= 0.3 is 0 Å². The standard InChI is InChI=1S/C28H30FN3O2/c1-3-20-7-12-25-26(18-20)30-28(32(27(25)33)23-8-10-24(34-2)11-9-23)13-15-31(16-14-28)19-21-5-4-6-22(29)17-21/h4-12,17-18,30H,3,13-16,19H2,1-2H3. The minimum absolute atomic E-state index is 0.0140. The van der Waals surface area contributed by atoms with Gasteiger partial charge in [0, 0.05) is 43.9 Å². The number of nitrogens with zero attached hydrogens (tertiary/aromatic N) is 2. The molecule has 1 N–H and O–H groups in total. The molecule has 3 aromatic rings. The fourth-order valence-corrected chi connectivity index (χ4v) is 5.14. The van der Waals surface area contributed by atoms with Crippen LogP contribution in [-0.2, 0) is 13.0 Å². The lowest BCUT2D eigenvalue weighted by atomic mass is 9.88. The summed E-state index contributed by atoms with van der Waals surface area (Å²) in [5.74, 6) is 0.563. The zero-order valence-corrected chi connectivity index (χ0v) is 19.7. The van der Waals surface area contributed by atoms with E-state index in [1.54, 1.807) is 19.2 Å². The second-order valence-electron chi connectivity index (χ2n) is 9.13. The Morgan fingerprint density at radius 2 is 1.76 bits per heavy atom. The number of nitrogens with one attached hydrogen (secondary N) is 1. The van der Waals surface area contributed by atoms with Crippen molar-refractivity contribution in [1.82, 2.24) is 4.90 Å². The lowest BCUT2D eigenvalue weighted by Crippen LogP contribution is -2.64. The van der Waals surface area contributed by atoms with E-state index in [9.17, 15) is 9.18 Å². The highest BCUT2D eigenvalue weighted by Crippen LogP contribution is 2.41. The Balaban J connectivity index is 1.46. The summed E-state index contributed by atoms with van der Waals surface area (Å²) in [6.07, 6.45) is 2.44. The molecule has 3 aromatic carbocycles. The van der Waals surface area contributed by atoms with Crippen LogP contribution in [0.25, 0.3) is 0 Å². The summed E-state index contributed by atoms with van der Waals surface area (Å²) >= 11 is 0. The molecule has 34 heavy (non-hydrogen) atoms. The van der Waals surface area contributed by atoms with Crippen molar-refractivity contribution >= 4 is 17.3 Å². The van der Waals surface area contributed by atoms with Crippen molar-refractivity contribution < 1.29 is 13.9 Å². The third kappa shape index (κ3) is 4.14. The number of fused-ring (bicyclic) bond motifs is 1. The van der Waals surface area contributed by atoms with E-state index in [-0.39, 0.29) is 11.7 Å². The van der Waals surface area contributed by atoms with Gasteiger partial charge in [0.1, 0.15) is 17.2 Å². The first-order valence-corrected chi connectivity index (χ1v) is 11.9. The number of hydrogen-bond acceptors (Lipinski definition) is 4. The topological polar surface area (TPSA) is 44.8 Å². The van der Waals surface area contributed by atoms with Gasteiger partial charge in [-0.2, -0.15) is 0 Å². The van der Waals surface area contributed by atoms with Crippen LogP contribution in [0.1, 0.15) is 41.3 Å². The van der Waals surface area contributed by atoms with Crippen molar-refractivity contribution in [2.45, 2.75) is 38.4 Å². The van der Waals surface area contributed by atoms with E-state index in [0.29, 0.717) is 12.1 Å². The normalized spacial score (nSPS) is 17.4. The third-order valence-corrected chi connectivity index (χ3v) is 7.03. The molecule has 0 aliphatic carbocycles. The number of rotatable bonds is 5. The Labute approximate surface area is 200 Å². The molecule has 1 spiro atoms. The fourth-order valence-electron chi connectivity index (χ4n) is 5.14. The van der Waals surface area contributed by atoms with Crippen LogP contribution < -0.4 is 15.0 Å². The van der Waals surface area contributed by atoms with Crippen LogP contribution in [0.2, 0.25) is 0 Å². The predicted octanol–water partition coefficient (Wildman–Crippen LogP) is 5.46. The second-order valence-corrected chi connectivity index (χ2v) is 9.13. The van der Waals surface area contributed by atoms with Crippen molar-refractivity contribution in [3.8, 4) is 5.75 Å². The van der Waals surface area contributed by atoms with Gasteiger partial charge in [-0.3, -0.25) is 14.6 Å². The second kappa shape index (κ2) is 9.11. The predicted molar refractivity (Wildman–Crippen MR) is 133 cm³/mol. The number of likely N-dealkylation sites (tertiary alicyclic amines) is 1. The Morgan fingerprint density at radius 1 is 1.00 bits per heavy atom. The number of amides is 1. The van der Waals surface area contributed by atoms with Gasteiger partial charge in [-0.25, -0.2) is 4.39 Å². The highest BCUT2D eigenvalue weighted by atomic mass is 19.1. The van der Waals surface area contributed by atoms with Crippen LogP contribution in [0, 0.1) is 5.82 Å². The Kier molecular flexibility index (Phi) is 6.00. The summed E-state index contributed by atoms with van der Waals surface area (Å²) in [5.41, 5.74) is 4.10. The zero-order chi connectivity index (χ0) is 23.7. The van der Waals surface area contributed by atoms with Crippen molar-refractivity contribution in [1.29, 1.82) is 0 Å². The zero-order valence-electron chi connectivity index (χ0n) is 19.7. The number of hydrogen-bond donors (Lipinski definition) is 1. The molecule has 5 nitrogen and oxygen atoms in total. The van der Waals surface area contributed by atoms with E-state index in [4.69, 9.17) is 4.74 Å². The molecule has 1 fully saturated rings. The number of benzene rings is 3. The molecule has 0 unspecified atom stereocenters. The van der Waals surface area contributed by atoms with Crippen LogP contribution in [-0.4, -0.2) is 36.7 Å². The van der Waals surface area contributed by atoms with Crippen LogP contribution >= 0.6 is 0 Å². The number of piperidine rings is 1. The maximum Gasteiger partial charge on any atom is 0.262 e. The summed E-state index contributed by atoms with van der Waals surface area (Å²) in [6.45, 7) is 4.41. The minimum atomic E-state index is -0.524. The SMILES string of the molecule is CCc1ccc2c(c1)NC1(CCN(Cc3cccc(F)c3)CC1)N(c1ccc(OC)cc1)C2=O. The largest absolute Gasteiger partial charge is 0.497 e. The number of aryl methyl sites for hydroxylation is 1. The van der Waals surface area contributed by atoms with Crippen molar-refractivity contribution in [3.05, 3.63) is 89.2 Å². The molecule has 0 bridgehead atoms. The van der Waals surface area contributed by atoms with Crippen molar-refractivity contribution in [2.75, 3.05) is 30.4 Å². The summed E-state index contributed by atoms with van der Waals surface area (Å²) < 4.78 is 19.0. The van der Waals surface area contributed by atoms with Gasteiger partial charge in [0.2, 0.25) is 0 Å². The molecule has 0 aromatic heterocycles. The first-order valence-electron chi connectivity index (χ1n) is 11.9. The first-order chi connectivity index (χ1) is 16.5. The Morgan fingerprint density at radius 3 is 2.44 bits per heavy atom. The number of methoxy groups -OCH3 is 1. The average molecular weight is 460 g/mol. The molecule has 6 heteroatoms. The van der Waals surface area contributed by atoms with Gasteiger partial charge in [0.15, 0.2) is 0 Å². The lowest BCUT2D eigenvalue weighted by molar-refractivity contribution is 0.0904. The molecule has 0 atom stereocenters. The highest BCUT2D eigenvalue weighted by molar-refractivity contribution is 6.13. The van der Waals surface area contributed by atoms with Gasteiger partial charge in [0.25, 0.3) is 5.91 Å². The van der Waals surface area contributed by atoms with Gasteiger partial charge in [0.05, 0.1) is 12.7 Å². The number of carbonyl (C=O) groups excluding carboxylic acids is 1. The quantitative estimate of drug-likeness (QED) is 0.550. The van der Waals surface area contributed by atoms with E-state index in [0.717, 1.165) is 55.0 Å². The number of carbonyl (C=O) groups is 1. The van der Waals surface area contributed by atoms with Crippen LogP contribution in [0.15, 0.2) is 66.7 Å². The van der Waals surface area contributed by atoms with Crippen LogP contribution in [0.3, 0.4) is 0 Å². The molecule has 2 heterocycles. The maximum absolute atomic E-state index is 13.9. The number of anilines is 2. The molecule has 2 aliphatic heterocycles. The fraction of sp³-hybridized carbons (Fsp3) is 0.321. The number of ether oxygens (including phenoxy) is 1. The molecular weight excluding hydrogens is 429 g/mol. The first kappa shape index (κ1) is 22.4. The smallest absolute Gasteiger partial charge is 0.262 e. The van der Waals surface area contributed by atoms with E-state index >= 15 is 0 Å². The van der Waals surface area contributed by atoms with Gasteiger partial charge in [-0.1, -0.05) is 25.1 Å². The molecule has 1 saturated heterocycles.